The summed E-state index contributed by atoms with van der Waals surface area (Å²) in [4.78, 5) is 22.0. The minimum Gasteiger partial charge on any atom is -0.319 e. The number of fused-ring (bicyclic) bond motifs is 1. The number of para-hydroxylation sites is 2. The lowest BCUT2D eigenvalue weighted by atomic mass is 9.98. The average molecular weight is 286 g/mol. The van der Waals surface area contributed by atoms with Gasteiger partial charge in [0.2, 0.25) is 0 Å². The number of hydrogen-bond donors (Lipinski definition) is 2. The van der Waals surface area contributed by atoms with Crippen molar-refractivity contribution in [3.8, 4) is 0 Å². The van der Waals surface area contributed by atoms with Crippen LogP contribution in [0.2, 0.25) is 0 Å². The van der Waals surface area contributed by atoms with Gasteiger partial charge in [-0.2, -0.15) is 0 Å². The van der Waals surface area contributed by atoms with Crippen LogP contribution in [0.3, 0.4) is 0 Å². The van der Waals surface area contributed by atoms with E-state index in [9.17, 15) is 4.79 Å². The highest BCUT2D eigenvalue weighted by Gasteiger charge is 2.20. The van der Waals surface area contributed by atoms with Crippen LogP contribution in [0, 0.1) is 5.92 Å². The Morgan fingerprint density at radius 1 is 1.43 bits per heavy atom. The number of rotatable bonds is 4. The largest absolute Gasteiger partial charge is 0.319 e. The summed E-state index contributed by atoms with van der Waals surface area (Å²) in [5.41, 5.74) is 2.22. The van der Waals surface area contributed by atoms with Gasteiger partial charge in [0.15, 0.2) is 0 Å². The van der Waals surface area contributed by atoms with Gasteiger partial charge in [-0.05, 0) is 51.0 Å². The molecule has 0 radical (unpaired) electrons. The maximum Gasteiger partial charge on any atom is 0.271 e. The van der Waals surface area contributed by atoms with Crippen LogP contribution in [0.1, 0.15) is 18.5 Å². The van der Waals surface area contributed by atoms with Gasteiger partial charge in [-0.1, -0.05) is 12.1 Å². The van der Waals surface area contributed by atoms with E-state index in [0.29, 0.717) is 18.2 Å². The fourth-order valence-electron chi connectivity index (χ4n) is 3.14. The van der Waals surface area contributed by atoms with Gasteiger partial charge in [0, 0.05) is 13.1 Å². The summed E-state index contributed by atoms with van der Waals surface area (Å²) in [6.45, 7) is 3.77. The van der Waals surface area contributed by atoms with E-state index in [0.717, 1.165) is 30.7 Å². The van der Waals surface area contributed by atoms with E-state index >= 15 is 0 Å². The predicted octanol–water partition coefficient (Wildman–Crippen LogP) is 1.35. The van der Waals surface area contributed by atoms with E-state index in [2.05, 4.69) is 20.2 Å². The molecule has 21 heavy (non-hydrogen) atoms. The maximum atomic E-state index is 12.2. The molecule has 1 fully saturated rings. The lowest BCUT2D eigenvalue weighted by Gasteiger charge is -2.32. The zero-order chi connectivity index (χ0) is 14.7. The van der Waals surface area contributed by atoms with Crippen LogP contribution < -0.4 is 10.9 Å². The third-order valence-electron chi connectivity index (χ3n) is 4.14. The standard InChI is InChI=1S/C16H22N4O/c1-17-9-12-5-4-8-20(10-12)11-15-16(21)19-14-7-3-2-6-13(14)18-15/h2-3,6-7,12,17H,4-5,8-11H2,1H3,(H,19,21). The Morgan fingerprint density at radius 3 is 3.14 bits per heavy atom. The van der Waals surface area contributed by atoms with Gasteiger partial charge >= 0.3 is 0 Å². The van der Waals surface area contributed by atoms with Crippen LogP contribution in [0.25, 0.3) is 11.0 Å². The number of aromatic amines is 1. The molecule has 3 rings (SSSR count). The number of H-pyrrole nitrogens is 1. The van der Waals surface area contributed by atoms with E-state index < -0.39 is 0 Å². The van der Waals surface area contributed by atoms with Crippen molar-refractivity contribution in [2.24, 2.45) is 5.92 Å². The van der Waals surface area contributed by atoms with Gasteiger partial charge < -0.3 is 10.3 Å². The first-order valence-electron chi connectivity index (χ1n) is 7.61. The van der Waals surface area contributed by atoms with Crippen LogP contribution >= 0.6 is 0 Å². The van der Waals surface area contributed by atoms with Gasteiger partial charge in [-0.3, -0.25) is 9.69 Å². The molecule has 1 aromatic carbocycles. The number of nitrogens with zero attached hydrogens (tertiary/aromatic N) is 2. The zero-order valence-corrected chi connectivity index (χ0v) is 12.4. The first kappa shape index (κ1) is 14.2. The molecule has 1 saturated heterocycles. The van der Waals surface area contributed by atoms with Gasteiger partial charge in [-0.15, -0.1) is 0 Å². The fourth-order valence-corrected chi connectivity index (χ4v) is 3.14. The minimum absolute atomic E-state index is 0.0653. The number of likely N-dealkylation sites (tertiary alicyclic amines) is 1. The lowest BCUT2D eigenvalue weighted by Crippen LogP contribution is -2.39. The SMILES string of the molecule is CNCC1CCCN(Cc2nc3ccccc3[nH]c2=O)C1. The molecule has 1 unspecified atom stereocenters. The lowest BCUT2D eigenvalue weighted by molar-refractivity contribution is 0.164. The normalized spacial score (nSPS) is 20.0. The first-order chi connectivity index (χ1) is 10.3. The van der Waals surface area contributed by atoms with Crippen molar-refractivity contribution in [3.63, 3.8) is 0 Å². The molecule has 0 aliphatic carbocycles. The van der Waals surface area contributed by atoms with Gasteiger partial charge in [0.25, 0.3) is 5.56 Å². The molecule has 2 N–H and O–H groups in total. The zero-order valence-electron chi connectivity index (χ0n) is 12.4. The van der Waals surface area contributed by atoms with E-state index in [4.69, 9.17) is 0 Å². The number of benzene rings is 1. The summed E-state index contributed by atoms with van der Waals surface area (Å²) >= 11 is 0. The van der Waals surface area contributed by atoms with E-state index in [1.165, 1.54) is 12.8 Å². The molecule has 1 aliphatic heterocycles. The molecule has 112 valence electrons. The fraction of sp³-hybridized carbons (Fsp3) is 0.500. The summed E-state index contributed by atoms with van der Waals surface area (Å²) in [6.07, 6.45) is 2.46. The molecule has 1 atom stereocenters. The van der Waals surface area contributed by atoms with Gasteiger partial charge in [-0.25, -0.2) is 4.98 Å². The summed E-state index contributed by atoms with van der Waals surface area (Å²) in [5.74, 6) is 0.670. The van der Waals surface area contributed by atoms with Crippen LogP contribution in [-0.2, 0) is 6.54 Å². The van der Waals surface area contributed by atoms with Crippen molar-refractivity contribution in [2.45, 2.75) is 19.4 Å². The summed E-state index contributed by atoms with van der Waals surface area (Å²) in [7, 11) is 1.99. The molecule has 1 aliphatic rings. The Bertz CT molecular complexity index is 665. The Labute approximate surface area is 124 Å². The Hall–Kier alpha value is -1.72. The highest BCUT2D eigenvalue weighted by atomic mass is 16.1. The third-order valence-corrected chi connectivity index (χ3v) is 4.14. The topological polar surface area (TPSA) is 61.0 Å². The molecule has 0 saturated carbocycles. The predicted molar refractivity (Wildman–Crippen MR) is 84.3 cm³/mol. The van der Waals surface area contributed by atoms with Crippen molar-refractivity contribution in [1.29, 1.82) is 0 Å². The monoisotopic (exact) mass is 286 g/mol. The second-order valence-corrected chi connectivity index (χ2v) is 5.83. The van der Waals surface area contributed by atoms with E-state index in [1.807, 2.05) is 31.3 Å². The summed E-state index contributed by atoms with van der Waals surface area (Å²) < 4.78 is 0. The Morgan fingerprint density at radius 2 is 2.29 bits per heavy atom. The van der Waals surface area contributed by atoms with Crippen LogP contribution in [-0.4, -0.2) is 41.5 Å². The number of aromatic nitrogens is 2. The van der Waals surface area contributed by atoms with Gasteiger partial charge in [0.05, 0.1) is 11.0 Å². The van der Waals surface area contributed by atoms with Crippen molar-refractivity contribution < 1.29 is 0 Å². The van der Waals surface area contributed by atoms with Crippen LogP contribution in [0.5, 0.6) is 0 Å². The van der Waals surface area contributed by atoms with E-state index in [1.54, 1.807) is 0 Å². The average Bonchev–Trinajstić information content (AvgIpc) is 2.49. The molecule has 5 heteroatoms. The van der Waals surface area contributed by atoms with Crippen molar-refractivity contribution in [1.82, 2.24) is 20.2 Å². The van der Waals surface area contributed by atoms with Crippen molar-refractivity contribution in [3.05, 3.63) is 40.3 Å². The van der Waals surface area contributed by atoms with Crippen LogP contribution in [0.15, 0.2) is 29.1 Å². The quantitative estimate of drug-likeness (QED) is 0.891. The highest BCUT2D eigenvalue weighted by molar-refractivity contribution is 5.73. The smallest absolute Gasteiger partial charge is 0.271 e. The summed E-state index contributed by atoms with van der Waals surface area (Å²) in [5, 5.41) is 3.25. The van der Waals surface area contributed by atoms with Crippen molar-refractivity contribution >= 4 is 11.0 Å². The summed E-state index contributed by atoms with van der Waals surface area (Å²) in [6, 6.07) is 7.68. The van der Waals surface area contributed by atoms with Crippen molar-refractivity contribution in [2.75, 3.05) is 26.7 Å². The first-order valence-corrected chi connectivity index (χ1v) is 7.61. The number of piperidine rings is 1. The molecular formula is C16H22N4O. The molecule has 2 aromatic rings. The second-order valence-electron chi connectivity index (χ2n) is 5.83. The molecular weight excluding hydrogens is 264 g/mol. The third kappa shape index (κ3) is 3.31. The highest BCUT2D eigenvalue weighted by Crippen LogP contribution is 2.17. The molecule has 2 heterocycles. The Kier molecular flexibility index (Phi) is 4.31. The Balaban J connectivity index is 1.78. The molecule has 0 bridgehead atoms. The second kappa shape index (κ2) is 6.37. The van der Waals surface area contributed by atoms with Crippen LogP contribution in [0.4, 0.5) is 0 Å². The van der Waals surface area contributed by atoms with Gasteiger partial charge in [0.1, 0.15) is 5.69 Å². The number of hydrogen-bond acceptors (Lipinski definition) is 4. The molecule has 5 nitrogen and oxygen atoms in total. The number of nitrogens with one attached hydrogen (secondary N) is 2. The maximum absolute atomic E-state index is 12.2. The molecule has 1 aromatic heterocycles. The molecule has 0 amide bonds. The van der Waals surface area contributed by atoms with E-state index in [-0.39, 0.29) is 5.56 Å². The molecule has 0 spiro atoms. The minimum atomic E-state index is -0.0653.